The van der Waals surface area contributed by atoms with Crippen LogP contribution in [-0.4, -0.2) is 0 Å². The summed E-state index contributed by atoms with van der Waals surface area (Å²) in [5.41, 5.74) is 18.7. The quantitative estimate of drug-likeness (QED) is 0.140. The summed E-state index contributed by atoms with van der Waals surface area (Å²) in [5, 5.41) is 2.19. The van der Waals surface area contributed by atoms with Crippen molar-refractivity contribution in [2.45, 2.75) is 155 Å². The van der Waals surface area contributed by atoms with Crippen LogP contribution >= 0.6 is 7.14 Å². The number of hydrogen-bond donors (Lipinski definition) is 0. The van der Waals surface area contributed by atoms with Gasteiger partial charge in [0.25, 0.3) is 0 Å². The number of hydrogen-bond acceptors (Lipinski definition) is 7. The Labute approximate surface area is 651 Å². The van der Waals surface area contributed by atoms with Crippen molar-refractivity contribution >= 4 is 23.1 Å². The highest BCUT2D eigenvalue weighted by Gasteiger charge is 2.33. The van der Waals surface area contributed by atoms with E-state index in [0.717, 1.165) is 83.8 Å². The first-order chi connectivity index (χ1) is 52.8. The lowest BCUT2D eigenvalue weighted by Gasteiger charge is -2.30. The maximum Gasteiger partial charge on any atom is 0.171 e. The van der Waals surface area contributed by atoms with Gasteiger partial charge in [0.15, 0.2) is 7.14 Å². The summed E-state index contributed by atoms with van der Waals surface area (Å²) in [5.74, 6) is 4.68. The topological polar surface area (TPSA) is 72.5 Å². The molecule has 28 bridgehead atoms. The SMILES string of the molecule is CC1(C)c2ccc(cc2)OCc2ccc(cc2)P2(=O)c3ccc(cc3)COc3ccc(cc3)C(C)(C)c3ccc(cc3)C(C)(C)c3ccc(cc3)OCc3cc(cc(c3)COc3ccc(cc3)C(C)(C)c3ccc(cc3)C(C)(C)c3ccc(cc3)OCc3ccc2cc3)COc2ccc(cc2)C(C)(C)c2ccc1cc2. The Bertz CT molecular complexity index is 4840. The van der Waals surface area contributed by atoms with Crippen molar-refractivity contribution in [2.75, 3.05) is 0 Å². The van der Waals surface area contributed by atoms with Crippen LogP contribution in [0, 0.1) is 0 Å². The molecule has 8 heteroatoms. The Balaban J connectivity index is 0.780. The smallest absolute Gasteiger partial charge is 0.171 e. The first kappa shape index (κ1) is 74.4. The second-order valence-corrected chi connectivity index (χ2v) is 35.9. The van der Waals surface area contributed by atoms with Gasteiger partial charge in [-0.25, -0.2) is 0 Å². The van der Waals surface area contributed by atoms with Gasteiger partial charge in [0.1, 0.15) is 74.1 Å². The predicted molar refractivity (Wildman–Crippen MR) is 449 cm³/mol. The second-order valence-electron chi connectivity index (χ2n) is 33.1. The van der Waals surface area contributed by atoms with Crippen molar-refractivity contribution in [3.05, 3.63) is 410 Å². The maximum absolute atomic E-state index is 16.3. The molecular weight excluding hydrogens is 1370 g/mol. The lowest BCUT2D eigenvalue weighted by Crippen LogP contribution is -2.25. The predicted octanol–water partition coefficient (Wildman–Crippen LogP) is 23.4. The molecule has 0 fully saturated rings. The third-order valence-corrected chi connectivity index (χ3v) is 27.0. The van der Waals surface area contributed by atoms with Gasteiger partial charge < -0.3 is 33.0 Å². The molecule has 44 rings (SSSR count). The molecule has 0 saturated carbocycles. The second kappa shape index (κ2) is 30.0. The van der Waals surface area contributed by atoms with E-state index in [1.54, 1.807) is 0 Å². The molecule has 7 nitrogen and oxygen atoms in total. The van der Waals surface area contributed by atoms with Crippen molar-refractivity contribution in [1.82, 2.24) is 0 Å². The maximum atomic E-state index is 16.3. The molecule has 0 amide bonds. The molecule has 31 aliphatic rings. The van der Waals surface area contributed by atoms with Crippen LogP contribution in [0.3, 0.4) is 0 Å². The summed E-state index contributed by atoms with van der Waals surface area (Å²) in [6, 6.07) is 109. The van der Waals surface area contributed by atoms with E-state index >= 15 is 4.57 Å². The largest absolute Gasteiger partial charge is 0.489 e. The Morgan fingerprint density at radius 2 is 0.309 bits per heavy atom. The van der Waals surface area contributed by atoms with Crippen LogP contribution in [0.5, 0.6) is 34.5 Å². The average molecular weight is 1470 g/mol. The van der Waals surface area contributed by atoms with Gasteiger partial charge in [0, 0.05) is 48.4 Å². The van der Waals surface area contributed by atoms with E-state index < -0.39 is 7.14 Å². The van der Waals surface area contributed by atoms with Gasteiger partial charge in [0.2, 0.25) is 0 Å². The minimum Gasteiger partial charge on any atom is -0.489 e. The van der Waals surface area contributed by atoms with Crippen molar-refractivity contribution < 1.29 is 33.0 Å². The summed E-state index contributed by atoms with van der Waals surface area (Å²) in [7, 11) is -3.44. The Hall–Kier alpha value is -11.1. The molecular formula is C102H99O7P. The van der Waals surface area contributed by atoms with Gasteiger partial charge >= 0.3 is 0 Å². The fraction of sp³-hybridized carbons (Fsp3) is 0.235. The summed E-state index contributed by atoms with van der Waals surface area (Å²) < 4.78 is 55.6. The summed E-state index contributed by atoms with van der Waals surface area (Å²) >= 11 is 0. The molecule has 554 valence electrons. The third-order valence-electron chi connectivity index (χ3n) is 23.9. The fourth-order valence-corrected chi connectivity index (χ4v) is 18.3. The zero-order valence-corrected chi connectivity index (χ0v) is 66.4. The molecule has 31 aliphatic heterocycles. The molecule has 31 heterocycles. The van der Waals surface area contributed by atoms with E-state index in [4.69, 9.17) is 28.4 Å². The zero-order chi connectivity index (χ0) is 76.6. The highest BCUT2D eigenvalue weighted by Crippen LogP contribution is 2.45. The van der Waals surface area contributed by atoms with E-state index in [9.17, 15) is 0 Å². The summed E-state index contributed by atoms with van der Waals surface area (Å²) in [4.78, 5) is 0. The van der Waals surface area contributed by atoms with E-state index in [0.29, 0.717) is 39.6 Å². The minimum atomic E-state index is -3.44. The summed E-state index contributed by atoms with van der Waals surface area (Å²) in [6.07, 6.45) is 0. The van der Waals surface area contributed by atoms with E-state index in [2.05, 4.69) is 320 Å². The van der Waals surface area contributed by atoms with Gasteiger partial charge in [-0.15, -0.1) is 0 Å². The van der Waals surface area contributed by atoms with Gasteiger partial charge in [-0.1, -0.05) is 301 Å². The Morgan fingerprint density at radius 3 is 0.455 bits per heavy atom. The van der Waals surface area contributed by atoms with E-state index in [-0.39, 0.29) is 32.5 Å². The zero-order valence-electron chi connectivity index (χ0n) is 65.5. The molecule has 13 aromatic rings. The molecule has 0 spiro atoms. The molecule has 13 aromatic carbocycles. The minimum absolute atomic E-state index is 0.284. The first-order valence-electron chi connectivity index (χ1n) is 38.5. The monoisotopic (exact) mass is 1470 g/mol. The van der Waals surface area contributed by atoms with Gasteiger partial charge in [0.05, 0.1) is 0 Å². The molecule has 0 unspecified atom stereocenters. The van der Waals surface area contributed by atoms with Crippen LogP contribution in [0.25, 0.3) is 0 Å². The van der Waals surface area contributed by atoms with Crippen LogP contribution in [-0.2, 0) is 76.7 Å². The lowest BCUT2D eigenvalue weighted by atomic mass is 9.74. The highest BCUT2D eigenvalue weighted by atomic mass is 31.2. The molecule has 0 saturated heterocycles. The van der Waals surface area contributed by atoms with Gasteiger partial charge in [-0.3, -0.25) is 0 Å². The fourth-order valence-electron chi connectivity index (χ4n) is 15.7. The average Bonchev–Trinajstić information content (AvgIpc) is 0.788. The summed E-state index contributed by atoms with van der Waals surface area (Å²) in [6.45, 7) is 29.5. The number of ether oxygens (including phenoxy) is 6. The van der Waals surface area contributed by atoms with E-state index in [1.165, 1.54) is 66.8 Å². The van der Waals surface area contributed by atoms with Crippen molar-refractivity contribution in [3.63, 3.8) is 0 Å². The first-order valence-corrected chi connectivity index (χ1v) is 40.2. The number of benzene rings is 13. The van der Waals surface area contributed by atoms with Crippen molar-refractivity contribution in [3.8, 4) is 34.5 Å². The normalized spacial score (nSPS) is 16.8. The van der Waals surface area contributed by atoms with Crippen LogP contribution < -0.4 is 44.3 Å². The number of rotatable bonds is 0. The van der Waals surface area contributed by atoms with Crippen molar-refractivity contribution in [1.29, 1.82) is 0 Å². The van der Waals surface area contributed by atoms with Crippen LogP contribution in [0.1, 0.15) is 183 Å². The molecule has 0 aliphatic carbocycles. The standard InChI is InChI=1S/C102H99O7P/c1-97(2)76-19-25-79(26-20-76)100(7,8)85-37-49-91(50-38-85)107-67-73-61-74-63-75(62-73)69-109-93-53-41-87(42-54-93)102(11,12)81-29-23-78(24-30-81)99(5,6)84-35-47-90(48-36-84)106-66-72-17-59-96(60-18-72)110(103,94-55-13-70(14-56-94)64-104-88-43-31-82(97)32-44-88)95-57-15-71(16-58-95)65-105-89-45-33-83(34-46-89)98(3,4)77-21-27-80(28-22-77)101(9,10)86-39-51-92(52-40-86)108-68-74/h13-63H,64-69H2,1-12H3. The molecule has 0 atom stereocenters. The van der Waals surface area contributed by atoms with Gasteiger partial charge in [-0.05, 0) is 191 Å². The third kappa shape index (κ3) is 15.4. The van der Waals surface area contributed by atoms with Crippen molar-refractivity contribution in [2.24, 2.45) is 0 Å². The van der Waals surface area contributed by atoms with Crippen LogP contribution in [0.4, 0.5) is 0 Å². The van der Waals surface area contributed by atoms with Gasteiger partial charge in [-0.2, -0.15) is 0 Å². The Morgan fingerprint density at radius 1 is 0.182 bits per heavy atom. The highest BCUT2D eigenvalue weighted by molar-refractivity contribution is 7.85. The lowest BCUT2D eigenvalue weighted by molar-refractivity contribution is 0.293. The van der Waals surface area contributed by atoms with E-state index in [1.807, 2.05) is 72.8 Å². The molecule has 0 N–H and O–H groups in total. The molecule has 0 aromatic heterocycles. The molecule has 0 radical (unpaired) electrons. The molecule has 110 heavy (non-hydrogen) atoms. The Kier molecular flexibility index (Phi) is 20.3. The van der Waals surface area contributed by atoms with Crippen LogP contribution in [0.15, 0.2) is 309 Å². The van der Waals surface area contributed by atoms with Crippen LogP contribution in [0.2, 0.25) is 0 Å².